The maximum Gasteiger partial charge on any atom is 0.0381 e. The van der Waals surface area contributed by atoms with Crippen molar-refractivity contribution in [2.24, 2.45) is 0 Å². The summed E-state index contributed by atoms with van der Waals surface area (Å²) >= 11 is 2.00. The van der Waals surface area contributed by atoms with E-state index in [4.69, 9.17) is 0 Å². The van der Waals surface area contributed by atoms with E-state index in [1.165, 1.54) is 75.8 Å². The Morgan fingerprint density at radius 2 is 1.15 bits per heavy atom. The van der Waals surface area contributed by atoms with Gasteiger partial charge in [0.05, 0.1) is 0 Å². The zero-order chi connectivity index (χ0) is 26.9. The van der Waals surface area contributed by atoms with Crippen LogP contribution < -0.4 is 0 Å². The molecule has 0 amide bonds. The number of thioether (sulfide) groups is 1. The van der Waals surface area contributed by atoms with Crippen molar-refractivity contribution < 1.29 is 0 Å². The Balaban J connectivity index is 1.37. The van der Waals surface area contributed by atoms with E-state index < -0.39 is 0 Å². The first-order valence-corrected chi connectivity index (χ1v) is 15.2. The maximum atomic E-state index is 2.46. The third kappa shape index (κ3) is 3.49. The largest absolute Gasteiger partial charge is 0.117 e. The molecule has 0 fully saturated rings. The van der Waals surface area contributed by atoms with Crippen molar-refractivity contribution in [1.82, 2.24) is 0 Å². The second kappa shape index (κ2) is 8.96. The van der Waals surface area contributed by atoms with Gasteiger partial charge < -0.3 is 0 Å². The third-order valence-corrected chi connectivity index (χ3v) is 10.3. The van der Waals surface area contributed by atoms with Crippen LogP contribution in [0, 0.1) is 0 Å². The van der Waals surface area contributed by atoms with Crippen LogP contribution in [0.15, 0.2) is 151 Å². The van der Waals surface area contributed by atoms with Gasteiger partial charge in [-0.25, -0.2) is 0 Å². The van der Waals surface area contributed by atoms with E-state index in [0.717, 1.165) is 0 Å². The molecule has 0 N–H and O–H groups in total. The van der Waals surface area contributed by atoms with Gasteiger partial charge in [-0.3, -0.25) is 0 Å². The molecule has 1 heteroatoms. The highest BCUT2D eigenvalue weighted by Gasteiger charge is 2.33. The Labute approximate surface area is 243 Å². The Bertz CT molecular complexity index is 2250. The summed E-state index contributed by atoms with van der Waals surface area (Å²) in [6.45, 7) is 0. The smallest absolute Gasteiger partial charge is 0.0381 e. The van der Waals surface area contributed by atoms with Gasteiger partial charge in [-0.15, -0.1) is 11.8 Å². The predicted octanol–water partition coefficient (Wildman–Crippen LogP) is 11.3. The van der Waals surface area contributed by atoms with Crippen molar-refractivity contribution in [3.8, 4) is 22.3 Å². The van der Waals surface area contributed by atoms with Crippen LogP contribution in [0.4, 0.5) is 0 Å². The van der Waals surface area contributed by atoms with Gasteiger partial charge in [0.25, 0.3) is 0 Å². The molecule has 2 atom stereocenters. The Kier molecular flexibility index (Phi) is 5.06. The zero-order valence-electron chi connectivity index (χ0n) is 22.4. The highest BCUT2D eigenvalue weighted by Crippen LogP contribution is 2.53. The second-order valence-corrected chi connectivity index (χ2v) is 12.4. The Morgan fingerprint density at radius 3 is 1.98 bits per heavy atom. The molecule has 0 spiro atoms. The van der Waals surface area contributed by atoms with Gasteiger partial charge in [0.1, 0.15) is 0 Å². The lowest BCUT2D eigenvalue weighted by Gasteiger charge is -2.20. The molecule has 7 aromatic rings. The van der Waals surface area contributed by atoms with Gasteiger partial charge in [-0.2, -0.15) is 0 Å². The van der Waals surface area contributed by atoms with Gasteiger partial charge in [0, 0.05) is 16.1 Å². The molecule has 2 unspecified atom stereocenters. The van der Waals surface area contributed by atoms with Crippen LogP contribution in [0.5, 0.6) is 0 Å². The molecule has 0 bridgehead atoms. The van der Waals surface area contributed by atoms with Gasteiger partial charge in [0.15, 0.2) is 0 Å². The maximum absolute atomic E-state index is 2.46. The molecule has 0 saturated heterocycles. The van der Waals surface area contributed by atoms with Gasteiger partial charge >= 0.3 is 0 Å². The lowest BCUT2D eigenvalue weighted by atomic mass is 9.83. The molecule has 9 rings (SSSR count). The lowest BCUT2D eigenvalue weighted by Crippen LogP contribution is -2.07. The summed E-state index contributed by atoms with van der Waals surface area (Å²) in [6, 6.07) is 45.2. The van der Waals surface area contributed by atoms with E-state index in [1.54, 1.807) is 0 Å². The molecule has 1 aliphatic heterocycles. The van der Waals surface area contributed by atoms with Crippen LogP contribution in [-0.4, -0.2) is 5.25 Å². The number of rotatable bonds is 2. The monoisotopic (exact) mass is 538 g/mol. The highest BCUT2D eigenvalue weighted by molar-refractivity contribution is 8.00. The predicted molar refractivity (Wildman–Crippen MR) is 178 cm³/mol. The molecule has 1 heterocycles. The second-order valence-electron chi connectivity index (χ2n) is 11.2. The van der Waals surface area contributed by atoms with E-state index >= 15 is 0 Å². The van der Waals surface area contributed by atoms with E-state index in [2.05, 4.69) is 146 Å². The lowest BCUT2D eigenvalue weighted by molar-refractivity contribution is 0.883. The summed E-state index contributed by atoms with van der Waals surface area (Å²) < 4.78 is 0. The van der Waals surface area contributed by atoms with Gasteiger partial charge in [0.2, 0.25) is 0 Å². The minimum atomic E-state index is 0.412. The molecule has 192 valence electrons. The SMILES string of the molecule is C1=CC2Sc3cccc(-c4cc5cc(-c6ccc7ccccc7c6)c6ccccc6c5c5ccccc45)c3C2C=C1. The summed E-state index contributed by atoms with van der Waals surface area (Å²) in [5, 5.41) is 10.9. The van der Waals surface area contributed by atoms with Crippen LogP contribution in [-0.2, 0) is 0 Å². The van der Waals surface area contributed by atoms with E-state index in [-0.39, 0.29) is 0 Å². The first kappa shape index (κ1) is 23.1. The Hall–Kier alpha value is -4.59. The first-order chi connectivity index (χ1) is 20.3. The molecule has 0 radical (unpaired) electrons. The fourth-order valence-corrected chi connectivity index (χ4v) is 8.50. The Morgan fingerprint density at radius 1 is 0.463 bits per heavy atom. The summed E-state index contributed by atoms with van der Waals surface area (Å²) in [7, 11) is 0. The van der Waals surface area contributed by atoms with Crippen LogP contribution in [0.2, 0.25) is 0 Å². The molecule has 0 nitrogen and oxygen atoms in total. The van der Waals surface area contributed by atoms with Crippen molar-refractivity contribution in [2.45, 2.75) is 16.1 Å². The number of fused-ring (bicyclic) bond motifs is 9. The molecule has 0 aromatic heterocycles. The van der Waals surface area contributed by atoms with E-state index in [1.807, 2.05) is 11.8 Å². The van der Waals surface area contributed by atoms with Crippen molar-refractivity contribution in [3.05, 3.63) is 151 Å². The number of allylic oxidation sites excluding steroid dienone is 3. The van der Waals surface area contributed by atoms with Gasteiger partial charge in [-0.05, 0) is 95.2 Å². The quantitative estimate of drug-likeness (QED) is 0.197. The molecule has 0 saturated carbocycles. The summed E-state index contributed by atoms with van der Waals surface area (Å²) in [5.74, 6) is 0.412. The van der Waals surface area contributed by atoms with Crippen molar-refractivity contribution in [3.63, 3.8) is 0 Å². The number of hydrogen-bond donors (Lipinski definition) is 0. The van der Waals surface area contributed by atoms with Crippen LogP contribution >= 0.6 is 11.8 Å². The standard InChI is InChI=1S/C40H26S/c1-2-11-26-22-27(21-20-25(26)10-1)35-23-28-24-36(33-17-9-19-38-40(33)34-16-7-8-18-37(34)41-38)30-13-4-6-15-32(30)39(28)31-14-5-3-12-29(31)35/h1-24,34,37H. The fourth-order valence-electron chi connectivity index (χ4n) is 7.13. The summed E-state index contributed by atoms with van der Waals surface area (Å²) in [4.78, 5) is 1.41. The van der Waals surface area contributed by atoms with Crippen molar-refractivity contribution in [2.75, 3.05) is 0 Å². The van der Waals surface area contributed by atoms with Crippen molar-refractivity contribution in [1.29, 1.82) is 0 Å². The topological polar surface area (TPSA) is 0 Å². The van der Waals surface area contributed by atoms with E-state index in [0.29, 0.717) is 11.2 Å². The molecule has 2 aliphatic rings. The summed E-state index contributed by atoms with van der Waals surface area (Å²) in [6.07, 6.45) is 9.17. The average Bonchev–Trinajstić information content (AvgIpc) is 3.43. The summed E-state index contributed by atoms with van der Waals surface area (Å²) in [5.41, 5.74) is 6.71. The zero-order valence-corrected chi connectivity index (χ0v) is 23.2. The average molecular weight is 539 g/mol. The van der Waals surface area contributed by atoms with Crippen molar-refractivity contribution >= 4 is 54.9 Å². The molecular formula is C40H26S. The minimum Gasteiger partial charge on any atom is -0.117 e. The molecule has 41 heavy (non-hydrogen) atoms. The van der Waals surface area contributed by atoms with Crippen LogP contribution in [0.1, 0.15) is 11.5 Å². The number of hydrogen-bond acceptors (Lipinski definition) is 1. The minimum absolute atomic E-state index is 0.412. The van der Waals surface area contributed by atoms with Crippen LogP contribution in [0.3, 0.4) is 0 Å². The van der Waals surface area contributed by atoms with Crippen LogP contribution in [0.25, 0.3) is 65.3 Å². The number of benzene rings is 7. The molecule has 1 aliphatic carbocycles. The van der Waals surface area contributed by atoms with Gasteiger partial charge in [-0.1, -0.05) is 121 Å². The first-order valence-electron chi connectivity index (χ1n) is 14.3. The fraction of sp³-hybridized carbons (Fsp3) is 0.0500. The molecule has 7 aromatic carbocycles. The third-order valence-electron chi connectivity index (χ3n) is 8.96. The van der Waals surface area contributed by atoms with E-state index in [9.17, 15) is 0 Å². The normalized spacial score (nSPS) is 17.5. The highest BCUT2D eigenvalue weighted by atomic mass is 32.2. The molecular weight excluding hydrogens is 513 g/mol.